The number of halogens is 3. The number of carbonyl (C=O) groups excluding carboxylic acids is 1. The van der Waals surface area contributed by atoms with E-state index in [9.17, 15) is 18.0 Å². The van der Waals surface area contributed by atoms with Gasteiger partial charge in [-0.15, -0.1) is 15.3 Å². The predicted molar refractivity (Wildman–Crippen MR) is 61.9 cm³/mol. The molecule has 7 nitrogen and oxygen atoms in total. The summed E-state index contributed by atoms with van der Waals surface area (Å²) in [7, 11) is 0. The van der Waals surface area contributed by atoms with Gasteiger partial charge in [0, 0.05) is 0 Å². The zero-order chi connectivity index (χ0) is 14.9. The number of aromatic amines is 1. The summed E-state index contributed by atoms with van der Waals surface area (Å²) >= 11 is 1.08. The highest BCUT2D eigenvalue weighted by molar-refractivity contribution is 7.13. The van der Waals surface area contributed by atoms with Crippen LogP contribution in [-0.2, 0) is 6.18 Å². The minimum absolute atomic E-state index is 0.0908. The number of hydrogen-bond acceptors (Lipinski definition) is 6. The van der Waals surface area contributed by atoms with Crippen molar-refractivity contribution in [2.75, 3.05) is 0 Å². The van der Waals surface area contributed by atoms with E-state index in [4.69, 9.17) is 0 Å². The molecule has 2 aromatic heterocycles. The molecule has 0 radical (unpaired) electrons. The Morgan fingerprint density at radius 1 is 1.40 bits per heavy atom. The molecule has 11 heteroatoms. The monoisotopic (exact) mass is 306 g/mol. The van der Waals surface area contributed by atoms with Crippen LogP contribution in [0.4, 0.5) is 13.2 Å². The molecule has 2 N–H and O–H groups in total. The number of alkyl halides is 3. The third kappa shape index (κ3) is 3.10. The van der Waals surface area contributed by atoms with Gasteiger partial charge in [-0.05, 0) is 13.8 Å². The molecule has 2 heterocycles. The van der Waals surface area contributed by atoms with E-state index >= 15 is 0 Å². The zero-order valence-corrected chi connectivity index (χ0v) is 11.1. The van der Waals surface area contributed by atoms with Gasteiger partial charge in [0.25, 0.3) is 11.7 Å². The lowest BCUT2D eigenvalue weighted by Gasteiger charge is -2.08. The van der Waals surface area contributed by atoms with E-state index in [1.807, 2.05) is 0 Å². The van der Waals surface area contributed by atoms with E-state index in [-0.39, 0.29) is 10.8 Å². The molecule has 0 saturated heterocycles. The largest absolute Gasteiger partial charge is 0.453 e. The molecule has 0 saturated carbocycles. The number of hydrogen-bond donors (Lipinski definition) is 2. The van der Waals surface area contributed by atoms with Crippen LogP contribution in [-0.4, -0.2) is 31.3 Å². The van der Waals surface area contributed by atoms with Crippen molar-refractivity contribution < 1.29 is 18.0 Å². The van der Waals surface area contributed by atoms with Crippen LogP contribution in [0.1, 0.15) is 39.4 Å². The fraction of sp³-hybridized carbons (Fsp3) is 0.444. The van der Waals surface area contributed by atoms with Crippen molar-refractivity contribution in [1.29, 1.82) is 0 Å². The maximum atomic E-state index is 12.3. The number of aryl methyl sites for hydroxylation is 1. The fourth-order valence-corrected chi connectivity index (χ4v) is 1.90. The third-order valence-corrected chi connectivity index (χ3v) is 3.07. The lowest BCUT2D eigenvalue weighted by atomic mass is 10.3. The molecular formula is C9H9F3N6OS. The summed E-state index contributed by atoms with van der Waals surface area (Å²) in [6, 6.07) is -0.768. The average Bonchev–Trinajstić information content (AvgIpc) is 2.95. The van der Waals surface area contributed by atoms with Gasteiger partial charge in [-0.25, -0.2) is 4.98 Å². The van der Waals surface area contributed by atoms with Crippen LogP contribution in [0, 0.1) is 6.92 Å². The van der Waals surface area contributed by atoms with Crippen LogP contribution in [0.25, 0.3) is 0 Å². The Balaban J connectivity index is 2.07. The quantitative estimate of drug-likeness (QED) is 0.895. The van der Waals surface area contributed by atoms with Crippen LogP contribution in [0.5, 0.6) is 0 Å². The second-order valence-corrected chi connectivity index (χ2v) is 5.05. The Bertz CT molecular complexity index is 621. The first-order valence-electron chi connectivity index (χ1n) is 5.38. The summed E-state index contributed by atoms with van der Waals surface area (Å²) < 4.78 is 37.0. The van der Waals surface area contributed by atoms with Crippen molar-refractivity contribution in [3.63, 3.8) is 0 Å². The topological polar surface area (TPSA) is 96.5 Å². The average molecular weight is 306 g/mol. The number of amides is 1. The molecule has 0 spiro atoms. The zero-order valence-electron chi connectivity index (χ0n) is 10.3. The summed E-state index contributed by atoms with van der Waals surface area (Å²) in [4.78, 5) is 15.1. The first-order valence-corrected chi connectivity index (χ1v) is 6.19. The molecule has 0 aromatic carbocycles. The molecule has 1 amide bonds. The number of carbonyl (C=O) groups is 1. The number of rotatable bonds is 3. The second-order valence-electron chi connectivity index (χ2n) is 3.86. The number of aromatic nitrogens is 5. The van der Waals surface area contributed by atoms with Crippen molar-refractivity contribution >= 4 is 17.2 Å². The molecular weight excluding hydrogens is 297 g/mol. The van der Waals surface area contributed by atoms with Crippen LogP contribution in [0.2, 0.25) is 0 Å². The van der Waals surface area contributed by atoms with Crippen molar-refractivity contribution in [2.45, 2.75) is 26.1 Å². The van der Waals surface area contributed by atoms with Crippen LogP contribution in [0.15, 0.2) is 0 Å². The molecule has 0 aliphatic rings. The Hall–Kier alpha value is -2.04. The van der Waals surface area contributed by atoms with E-state index in [0.29, 0.717) is 5.01 Å². The van der Waals surface area contributed by atoms with Crippen molar-refractivity contribution in [3.8, 4) is 0 Å². The minimum atomic E-state index is -4.63. The molecule has 20 heavy (non-hydrogen) atoms. The maximum absolute atomic E-state index is 12.3. The normalized spacial score (nSPS) is 13.2. The highest BCUT2D eigenvalue weighted by atomic mass is 32.1. The summed E-state index contributed by atoms with van der Waals surface area (Å²) in [5, 5.41) is 15.7. The second kappa shape index (κ2) is 5.15. The van der Waals surface area contributed by atoms with Crippen LogP contribution in [0.3, 0.4) is 0 Å². The third-order valence-electron chi connectivity index (χ3n) is 2.23. The van der Waals surface area contributed by atoms with E-state index < -0.39 is 23.9 Å². The number of H-pyrrole nitrogens is 1. The molecule has 2 aromatic rings. The maximum Gasteiger partial charge on any atom is 0.453 e. The van der Waals surface area contributed by atoms with Gasteiger partial charge < -0.3 is 5.32 Å². The van der Waals surface area contributed by atoms with Gasteiger partial charge in [-0.1, -0.05) is 11.3 Å². The van der Waals surface area contributed by atoms with E-state index in [1.165, 1.54) is 6.92 Å². The molecule has 1 unspecified atom stereocenters. The first-order chi connectivity index (χ1) is 9.27. The Kier molecular flexibility index (Phi) is 3.70. The molecule has 108 valence electrons. The van der Waals surface area contributed by atoms with E-state index in [0.717, 1.165) is 11.3 Å². The Morgan fingerprint density at radius 3 is 2.60 bits per heavy atom. The highest BCUT2D eigenvalue weighted by Crippen LogP contribution is 2.26. The molecule has 0 aliphatic carbocycles. The minimum Gasteiger partial charge on any atom is -0.340 e. The van der Waals surface area contributed by atoms with Crippen molar-refractivity contribution in [1.82, 2.24) is 30.7 Å². The Morgan fingerprint density at radius 2 is 2.10 bits per heavy atom. The van der Waals surface area contributed by atoms with Gasteiger partial charge in [0.1, 0.15) is 10.8 Å². The fourth-order valence-electron chi connectivity index (χ4n) is 1.31. The van der Waals surface area contributed by atoms with Crippen LogP contribution < -0.4 is 5.32 Å². The number of nitrogens with one attached hydrogen (secondary N) is 2. The molecule has 0 fully saturated rings. The van der Waals surface area contributed by atoms with Crippen molar-refractivity contribution in [2.24, 2.45) is 0 Å². The molecule has 0 bridgehead atoms. The summed E-state index contributed by atoms with van der Waals surface area (Å²) in [6.07, 6.45) is -4.63. The summed E-state index contributed by atoms with van der Waals surface area (Å²) in [5.41, 5.74) is 0. The van der Waals surface area contributed by atoms with Gasteiger partial charge in [0.05, 0.1) is 6.04 Å². The summed E-state index contributed by atoms with van der Waals surface area (Å²) in [5.74, 6) is -1.90. The van der Waals surface area contributed by atoms with Crippen molar-refractivity contribution in [3.05, 3.63) is 21.7 Å². The lowest BCUT2D eigenvalue weighted by molar-refractivity contribution is -0.144. The SMILES string of the molecule is Cc1nnc(C(=O)NC(C)c2nc(C(F)(F)F)n[nH]2)s1. The summed E-state index contributed by atoms with van der Waals surface area (Å²) in [6.45, 7) is 3.16. The number of nitrogens with zero attached hydrogens (tertiary/aromatic N) is 4. The first kappa shape index (κ1) is 14.4. The predicted octanol–water partition coefficient (Wildman–Crippen LogP) is 1.47. The lowest BCUT2D eigenvalue weighted by Crippen LogP contribution is -2.27. The molecule has 1 atom stereocenters. The van der Waals surface area contributed by atoms with Gasteiger partial charge in [0.15, 0.2) is 0 Å². The van der Waals surface area contributed by atoms with Crippen LogP contribution >= 0.6 is 11.3 Å². The molecule has 2 rings (SSSR count). The van der Waals surface area contributed by atoms with Gasteiger partial charge in [-0.3, -0.25) is 9.89 Å². The standard InChI is InChI=1S/C9H9F3N6OS/c1-3(5-14-8(18-16-5)9(10,11)12)13-6(19)7-17-15-4(2)20-7/h3H,1-2H3,(H,13,19)(H,14,16,18). The van der Waals surface area contributed by atoms with E-state index in [2.05, 4.69) is 30.7 Å². The van der Waals surface area contributed by atoms with Gasteiger partial charge in [0.2, 0.25) is 5.01 Å². The molecule has 0 aliphatic heterocycles. The Labute approximate surface area is 114 Å². The van der Waals surface area contributed by atoms with Gasteiger partial charge >= 0.3 is 6.18 Å². The van der Waals surface area contributed by atoms with Gasteiger partial charge in [-0.2, -0.15) is 13.2 Å². The van der Waals surface area contributed by atoms with E-state index in [1.54, 1.807) is 6.92 Å². The smallest absolute Gasteiger partial charge is 0.340 e. The highest BCUT2D eigenvalue weighted by Gasteiger charge is 2.36.